The maximum atomic E-state index is 13.4. The number of sulfone groups is 1. The zero-order valence-corrected chi connectivity index (χ0v) is 21.0. The molecule has 0 fully saturated rings. The minimum atomic E-state index is -4.58. The van der Waals surface area contributed by atoms with Crippen molar-refractivity contribution in [2.75, 3.05) is 5.75 Å². The van der Waals surface area contributed by atoms with Crippen LogP contribution >= 0.6 is 11.6 Å². The molecule has 0 unspecified atom stereocenters. The fourth-order valence-corrected chi connectivity index (χ4v) is 5.27. The Morgan fingerprint density at radius 3 is 2.49 bits per heavy atom. The van der Waals surface area contributed by atoms with Gasteiger partial charge in [-0.05, 0) is 61.9 Å². The van der Waals surface area contributed by atoms with Crippen molar-refractivity contribution in [1.82, 2.24) is 9.97 Å². The highest BCUT2D eigenvalue weighted by atomic mass is 35.5. The van der Waals surface area contributed by atoms with Crippen molar-refractivity contribution < 1.29 is 26.3 Å². The summed E-state index contributed by atoms with van der Waals surface area (Å²) in [6, 6.07) is 16.2. The van der Waals surface area contributed by atoms with Crippen molar-refractivity contribution in [2.24, 2.45) is 0 Å². The molecule has 4 aromatic rings. The molecular weight excluding hydrogens is 527 g/mol. The van der Waals surface area contributed by atoms with E-state index in [2.05, 4.69) is 9.97 Å². The minimum Gasteiger partial charge on any atom is -0.457 e. The Morgan fingerprint density at radius 1 is 1.03 bits per heavy atom. The number of aryl methyl sites for hydroxylation is 1. The van der Waals surface area contributed by atoms with Crippen LogP contribution in [0.25, 0.3) is 22.3 Å². The van der Waals surface area contributed by atoms with Gasteiger partial charge < -0.3 is 4.74 Å². The van der Waals surface area contributed by atoms with Crippen molar-refractivity contribution in [3.8, 4) is 28.8 Å². The van der Waals surface area contributed by atoms with Crippen LogP contribution < -0.4 is 4.74 Å². The van der Waals surface area contributed by atoms with Crippen LogP contribution in [0.15, 0.2) is 65.6 Å². The Kier molecular flexibility index (Phi) is 7.39. The molecule has 11 heteroatoms. The number of para-hydroxylation sites is 1. The van der Waals surface area contributed by atoms with Gasteiger partial charge in [-0.1, -0.05) is 23.7 Å². The number of alkyl halides is 3. The lowest BCUT2D eigenvalue weighted by Crippen LogP contribution is -2.08. The average molecular weight is 546 g/mol. The lowest BCUT2D eigenvalue weighted by molar-refractivity contribution is -0.136. The van der Waals surface area contributed by atoms with Crippen LogP contribution in [0.5, 0.6) is 11.5 Å². The second-order valence-corrected chi connectivity index (χ2v) is 10.6. The van der Waals surface area contributed by atoms with E-state index < -0.39 is 21.6 Å². The van der Waals surface area contributed by atoms with Crippen molar-refractivity contribution >= 4 is 32.5 Å². The fraction of sp³-hybridized carbons (Fsp3) is 0.192. The quantitative estimate of drug-likeness (QED) is 0.229. The molecule has 0 spiro atoms. The molecule has 1 heterocycles. The summed E-state index contributed by atoms with van der Waals surface area (Å²) in [5.74, 6) is 0.403. The van der Waals surface area contributed by atoms with Crippen LogP contribution in [0.4, 0.5) is 13.2 Å². The molecule has 0 atom stereocenters. The third-order valence-corrected chi connectivity index (χ3v) is 7.60. The summed E-state index contributed by atoms with van der Waals surface area (Å²) >= 11 is 6.40. The van der Waals surface area contributed by atoms with E-state index in [1.54, 1.807) is 37.3 Å². The van der Waals surface area contributed by atoms with Gasteiger partial charge in [-0.2, -0.15) is 18.4 Å². The zero-order chi connectivity index (χ0) is 26.8. The van der Waals surface area contributed by atoms with Gasteiger partial charge in [0.15, 0.2) is 9.84 Å². The topological polar surface area (TPSA) is 92.9 Å². The van der Waals surface area contributed by atoms with Crippen LogP contribution in [0, 0.1) is 18.3 Å². The molecule has 190 valence electrons. The Bertz CT molecular complexity index is 1630. The van der Waals surface area contributed by atoms with Crippen molar-refractivity contribution in [3.05, 3.63) is 76.9 Å². The van der Waals surface area contributed by atoms with Crippen LogP contribution in [-0.4, -0.2) is 24.1 Å². The van der Waals surface area contributed by atoms with Crippen molar-refractivity contribution in [1.29, 1.82) is 5.26 Å². The number of fused-ring (bicyclic) bond motifs is 1. The number of benzene rings is 3. The molecule has 37 heavy (non-hydrogen) atoms. The summed E-state index contributed by atoms with van der Waals surface area (Å²) in [5, 5.41) is 8.93. The second-order valence-electron chi connectivity index (χ2n) is 8.13. The first-order valence-corrected chi connectivity index (χ1v) is 13.0. The molecular formula is C26H19ClF3N3O3S. The molecule has 0 aliphatic heterocycles. The number of ether oxygens (including phenoxy) is 1. The molecule has 1 aromatic heterocycles. The van der Waals surface area contributed by atoms with Gasteiger partial charge in [0.2, 0.25) is 0 Å². The molecule has 0 aliphatic rings. The number of unbranched alkanes of at least 4 members (excludes halogenated alkanes) is 1. The Labute approximate surface area is 216 Å². The molecule has 0 N–H and O–H groups in total. The number of nitriles is 1. The number of hydrogen-bond acceptors (Lipinski definition) is 6. The second kappa shape index (κ2) is 10.4. The van der Waals surface area contributed by atoms with E-state index in [-0.39, 0.29) is 56.7 Å². The molecule has 0 bridgehead atoms. The molecule has 6 nitrogen and oxygen atoms in total. The lowest BCUT2D eigenvalue weighted by atomic mass is 10.1. The van der Waals surface area contributed by atoms with E-state index >= 15 is 0 Å². The van der Waals surface area contributed by atoms with E-state index in [1.807, 2.05) is 6.07 Å². The maximum absolute atomic E-state index is 13.4. The van der Waals surface area contributed by atoms with Gasteiger partial charge in [0, 0.05) is 12.0 Å². The first kappa shape index (κ1) is 26.4. The van der Waals surface area contributed by atoms with Crippen LogP contribution in [0.3, 0.4) is 0 Å². The molecule has 4 rings (SSSR count). The Morgan fingerprint density at radius 2 is 1.76 bits per heavy atom. The van der Waals surface area contributed by atoms with Gasteiger partial charge >= 0.3 is 6.18 Å². The summed E-state index contributed by atoms with van der Waals surface area (Å²) < 4.78 is 71.3. The maximum Gasteiger partial charge on any atom is 0.418 e. The highest BCUT2D eigenvalue weighted by Crippen LogP contribution is 2.37. The molecule has 0 amide bonds. The van der Waals surface area contributed by atoms with Crippen molar-refractivity contribution in [2.45, 2.75) is 30.8 Å². The van der Waals surface area contributed by atoms with E-state index in [1.165, 1.54) is 24.3 Å². The summed E-state index contributed by atoms with van der Waals surface area (Å²) in [6.07, 6.45) is -4.22. The van der Waals surface area contributed by atoms with E-state index in [4.69, 9.17) is 21.6 Å². The SMILES string of the molecule is Cc1nc2c(C(F)(F)F)cccc2nc1-c1cc(Oc2cccc(S(=O)(=O)CCCC#N)c2)ccc1Cl. The average Bonchev–Trinajstić information content (AvgIpc) is 2.84. The van der Waals surface area contributed by atoms with Crippen molar-refractivity contribution in [3.63, 3.8) is 0 Å². The zero-order valence-electron chi connectivity index (χ0n) is 19.4. The van der Waals surface area contributed by atoms with Crippen LogP contribution in [0.1, 0.15) is 24.1 Å². The highest BCUT2D eigenvalue weighted by Gasteiger charge is 2.33. The normalized spacial score (nSPS) is 11.9. The minimum absolute atomic E-state index is 0.0621. The lowest BCUT2D eigenvalue weighted by Gasteiger charge is -2.14. The van der Waals surface area contributed by atoms with E-state index in [0.717, 1.165) is 6.07 Å². The third kappa shape index (κ3) is 5.84. The smallest absolute Gasteiger partial charge is 0.418 e. The Balaban J connectivity index is 1.69. The summed E-state index contributed by atoms with van der Waals surface area (Å²) in [6.45, 7) is 1.54. The van der Waals surface area contributed by atoms with Crippen LogP contribution in [-0.2, 0) is 16.0 Å². The number of aromatic nitrogens is 2. The first-order valence-electron chi connectivity index (χ1n) is 11.0. The Hall–Kier alpha value is -3.68. The number of nitrogens with zero attached hydrogens (tertiary/aromatic N) is 3. The van der Waals surface area contributed by atoms with Gasteiger partial charge in [0.25, 0.3) is 0 Å². The number of hydrogen-bond donors (Lipinski definition) is 0. The van der Waals surface area contributed by atoms with Gasteiger partial charge in [-0.15, -0.1) is 0 Å². The molecule has 3 aromatic carbocycles. The van der Waals surface area contributed by atoms with E-state index in [0.29, 0.717) is 11.3 Å². The summed E-state index contributed by atoms with van der Waals surface area (Å²) in [4.78, 5) is 8.64. The highest BCUT2D eigenvalue weighted by molar-refractivity contribution is 7.91. The first-order chi connectivity index (χ1) is 17.5. The van der Waals surface area contributed by atoms with Gasteiger partial charge in [0.1, 0.15) is 17.0 Å². The summed E-state index contributed by atoms with van der Waals surface area (Å²) in [5.41, 5.74) is -0.147. The number of halogens is 4. The van der Waals surface area contributed by atoms with E-state index in [9.17, 15) is 21.6 Å². The largest absolute Gasteiger partial charge is 0.457 e. The predicted molar refractivity (Wildman–Crippen MR) is 133 cm³/mol. The monoisotopic (exact) mass is 545 g/mol. The molecule has 0 saturated heterocycles. The van der Waals surface area contributed by atoms with Crippen LogP contribution in [0.2, 0.25) is 5.02 Å². The molecule has 0 radical (unpaired) electrons. The summed E-state index contributed by atoms with van der Waals surface area (Å²) in [7, 11) is -3.60. The number of rotatable bonds is 7. The molecule has 0 aliphatic carbocycles. The third-order valence-electron chi connectivity index (χ3n) is 5.47. The van der Waals surface area contributed by atoms with Gasteiger partial charge in [0.05, 0.1) is 44.2 Å². The standard InChI is InChI=1S/C26H19ClF3N3O3S/c1-16-24(33-23-9-5-8-21(25(23)32-16)26(28,29)30)20-15-18(10-11-22(20)27)36-17-6-4-7-19(14-17)37(34,35)13-3-2-12-31/h4-11,14-15H,2-3,13H2,1H3. The van der Waals surface area contributed by atoms with Gasteiger partial charge in [-0.3, -0.25) is 0 Å². The predicted octanol–water partition coefficient (Wildman–Crippen LogP) is 7.15. The fourth-order valence-electron chi connectivity index (χ4n) is 3.72. The van der Waals surface area contributed by atoms with Gasteiger partial charge in [-0.25, -0.2) is 18.4 Å². The molecule has 0 saturated carbocycles.